The Morgan fingerprint density at radius 1 is 1.29 bits per heavy atom. The third-order valence-electron chi connectivity index (χ3n) is 3.33. The van der Waals surface area contributed by atoms with Crippen molar-refractivity contribution in [3.63, 3.8) is 0 Å². The molecule has 1 aliphatic heterocycles. The molecule has 0 radical (unpaired) electrons. The Kier molecular flexibility index (Phi) is 6.94. The van der Waals surface area contributed by atoms with Crippen molar-refractivity contribution in [1.82, 2.24) is 4.90 Å². The molecule has 1 N–H and O–H groups in total. The van der Waals surface area contributed by atoms with Crippen molar-refractivity contribution in [1.29, 1.82) is 0 Å². The molecule has 0 aromatic rings. The molecule has 1 heterocycles. The van der Waals surface area contributed by atoms with Crippen LogP contribution in [0.5, 0.6) is 0 Å². The Balaban J connectivity index is 0.000000249. The van der Waals surface area contributed by atoms with E-state index in [1.54, 1.807) is 0 Å². The van der Waals surface area contributed by atoms with E-state index >= 15 is 0 Å². The predicted molar refractivity (Wildman–Crippen MR) is 67.0 cm³/mol. The second kappa shape index (κ2) is 7.43. The van der Waals surface area contributed by atoms with Gasteiger partial charge in [-0.3, -0.25) is 4.55 Å². The fraction of sp³-hybridized carbons (Fsp3) is 1.00. The zero-order valence-corrected chi connectivity index (χ0v) is 13.4. The van der Waals surface area contributed by atoms with Gasteiger partial charge in [-0.2, -0.15) is 8.42 Å². The molecule has 1 saturated heterocycles. The normalized spacial score (nSPS) is 30.8. The Morgan fingerprint density at radius 3 is 2.24 bits per heavy atom. The van der Waals surface area contributed by atoms with E-state index in [0.29, 0.717) is 6.26 Å². The summed E-state index contributed by atoms with van der Waals surface area (Å²) in [6.07, 6.45) is 5.13. The molecular weight excluding hydrogens is 253 g/mol. The molecule has 0 amide bonds. The summed E-state index contributed by atoms with van der Waals surface area (Å²) in [7, 11) is -3.67. The van der Waals surface area contributed by atoms with Crippen molar-refractivity contribution < 1.29 is 17.7 Å². The van der Waals surface area contributed by atoms with E-state index in [-0.39, 0.29) is 0 Å². The van der Waals surface area contributed by atoms with E-state index in [2.05, 4.69) is 4.90 Å². The SMILES string of the molecule is CS(=O)(=O)O.[Na][CH]1CCCC1N1CCOCC1. The summed E-state index contributed by atoms with van der Waals surface area (Å²) in [6.45, 7) is 4.29. The van der Waals surface area contributed by atoms with Crippen LogP contribution in [-0.4, -0.2) is 84.4 Å². The monoisotopic (exact) mass is 273 g/mol. The van der Waals surface area contributed by atoms with Crippen LogP contribution in [-0.2, 0) is 14.9 Å². The van der Waals surface area contributed by atoms with Crippen molar-refractivity contribution in [2.75, 3.05) is 32.6 Å². The average Bonchev–Trinajstić information content (AvgIpc) is 2.63. The minimum atomic E-state index is -3.67. The molecule has 0 aromatic heterocycles. The maximum atomic E-state index is 9.19. The predicted octanol–water partition coefficient (Wildman–Crippen LogP) is 0.332. The van der Waals surface area contributed by atoms with Crippen molar-refractivity contribution >= 4 is 38.0 Å². The molecule has 96 valence electrons. The first-order chi connectivity index (χ1) is 7.88. The molecule has 0 aromatic carbocycles. The summed E-state index contributed by atoms with van der Waals surface area (Å²) in [6, 6.07) is 0.931. The van der Waals surface area contributed by atoms with E-state index in [9.17, 15) is 8.42 Å². The first-order valence-corrected chi connectivity index (χ1v) is 9.12. The van der Waals surface area contributed by atoms with Crippen LogP contribution in [0.2, 0.25) is 3.17 Å². The number of morpholine rings is 1. The number of ether oxygens (including phenoxy) is 1. The van der Waals surface area contributed by atoms with E-state index in [1.807, 2.05) is 0 Å². The quantitative estimate of drug-likeness (QED) is 0.551. The Bertz CT molecular complexity index is 308. The van der Waals surface area contributed by atoms with Crippen molar-refractivity contribution in [2.45, 2.75) is 28.5 Å². The van der Waals surface area contributed by atoms with Gasteiger partial charge in [-0.1, -0.05) is 0 Å². The van der Waals surface area contributed by atoms with Gasteiger partial charge in [-0.15, -0.1) is 0 Å². The van der Waals surface area contributed by atoms with Gasteiger partial charge in [0.1, 0.15) is 0 Å². The Hall–Kier alpha value is 0.830. The van der Waals surface area contributed by atoms with Crippen LogP contribution in [0.3, 0.4) is 0 Å². The van der Waals surface area contributed by atoms with Crippen LogP contribution >= 0.6 is 0 Å². The van der Waals surface area contributed by atoms with Gasteiger partial charge >= 0.3 is 92.3 Å². The summed E-state index contributed by atoms with van der Waals surface area (Å²) < 4.78 is 32.3. The van der Waals surface area contributed by atoms with Gasteiger partial charge in [-0.25, -0.2) is 0 Å². The second-order valence-corrected chi connectivity index (χ2v) is 7.81. The number of nitrogens with zero attached hydrogens (tertiary/aromatic N) is 1. The molecule has 2 rings (SSSR count). The molecular formula is C10H20NNaO4S. The third-order valence-corrected chi connectivity index (χ3v) is 4.68. The third kappa shape index (κ3) is 7.10. The molecule has 2 fully saturated rings. The molecule has 1 saturated carbocycles. The molecule has 2 unspecified atom stereocenters. The first kappa shape index (κ1) is 15.9. The van der Waals surface area contributed by atoms with Gasteiger partial charge in [0, 0.05) is 0 Å². The Labute approximate surface area is 121 Å². The van der Waals surface area contributed by atoms with E-state index < -0.39 is 10.1 Å². The Morgan fingerprint density at radius 2 is 1.82 bits per heavy atom. The standard InChI is InChI=1S/C9H16NO.CH4O3S.Na/c1-2-4-9(3-1)10-5-7-11-8-6-10;1-5(2,3)4;/h3,9H,1-2,4-8H2;1H3,(H,2,3,4);. The molecule has 0 bridgehead atoms. The molecule has 0 spiro atoms. The van der Waals surface area contributed by atoms with Crippen LogP contribution in [0, 0.1) is 0 Å². The molecule has 17 heavy (non-hydrogen) atoms. The molecule has 2 aliphatic rings. The average molecular weight is 273 g/mol. The first-order valence-electron chi connectivity index (χ1n) is 6.12. The van der Waals surface area contributed by atoms with Crippen LogP contribution in [0.4, 0.5) is 0 Å². The number of hydrogen-bond donors (Lipinski definition) is 1. The molecule has 2 atom stereocenters. The van der Waals surface area contributed by atoms with E-state index in [4.69, 9.17) is 9.29 Å². The van der Waals surface area contributed by atoms with Gasteiger partial charge in [-0.05, 0) is 0 Å². The molecule has 5 nitrogen and oxygen atoms in total. The summed E-state index contributed by atoms with van der Waals surface area (Å²) in [5.41, 5.74) is 0. The number of hydrogen-bond acceptors (Lipinski definition) is 4. The summed E-state index contributed by atoms with van der Waals surface area (Å²) in [5.74, 6) is 0. The van der Waals surface area contributed by atoms with Crippen LogP contribution in [0.1, 0.15) is 19.3 Å². The van der Waals surface area contributed by atoms with Gasteiger partial charge < -0.3 is 0 Å². The summed E-state index contributed by atoms with van der Waals surface area (Å²) >= 11 is 1.39. The summed E-state index contributed by atoms with van der Waals surface area (Å²) in [4.78, 5) is 2.66. The second-order valence-electron chi connectivity index (χ2n) is 4.86. The van der Waals surface area contributed by atoms with Gasteiger partial charge in [0.2, 0.25) is 0 Å². The maximum absolute atomic E-state index is 9.19. The fourth-order valence-electron chi connectivity index (χ4n) is 2.58. The topological polar surface area (TPSA) is 66.8 Å². The number of rotatable bonds is 1. The minimum absolute atomic E-state index is 0.715. The van der Waals surface area contributed by atoms with Crippen LogP contribution < -0.4 is 0 Å². The van der Waals surface area contributed by atoms with Crippen LogP contribution in [0.15, 0.2) is 0 Å². The molecule has 1 aliphatic carbocycles. The fourth-order valence-corrected chi connectivity index (χ4v) is 3.74. The molecule has 7 heteroatoms. The van der Waals surface area contributed by atoms with Crippen molar-refractivity contribution in [2.24, 2.45) is 0 Å². The van der Waals surface area contributed by atoms with Crippen molar-refractivity contribution in [3.8, 4) is 0 Å². The van der Waals surface area contributed by atoms with Gasteiger partial charge in [0.05, 0.1) is 6.26 Å². The van der Waals surface area contributed by atoms with Gasteiger partial charge in [0.15, 0.2) is 0 Å². The zero-order chi connectivity index (χ0) is 12.9. The van der Waals surface area contributed by atoms with Crippen molar-refractivity contribution in [3.05, 3.63) is 0 Å². The summed E-state index contributed by atoms with van der Waals surface area (Å²) in [5, 5.41) is 0. The van der Waals surface area contributed by atoms with Gasteiger partial charge in [0.25, 0.3) is 10.1 Å². The zero-order valence-electron chi connectivity index (χ0n) is 10.6. The van der Waals surface area contributed by atoms with E-state index in [0.717, 1.165) is 22.4 Å². The van der Waals surface area contributed by atoms with Crippen LogP contribution in [0.25, 0.3) is 0 Å². The van der Waals surface area contributed by atoms with E-state index in [1.165, 1.54) is 60.3 Å².